The lowest BCUT2D eigenvalue weighted by Gasteiger charge is -2.19. The molecule has 0 atom stereocenters. The van der Waals surface area contributed by atoms with Crippen LogP contribution < -0.4 is 32.6 Å². The van der Waals surface area contributed by atoms with E-state index in [1.54, 1.807) is 0 Å². The summed E-state index contributed by atoms with van der Waals surface area (Å²) in [5.41, 5.74) is 9.41. The van der Waals surface area contributed by atoms with Crippen molar-refractivity contribution in [1.82, 2.24) is 9.88 Å². The molecule has 7 heteroatoms. The number of nitrogens with two attached hydrogens (primary N) is 1. The summed E-state index contributed by atoms with van der Waals surface area (Å²) in [6.07, 6.45) is 0.366. The number of ether oxygens (including phenoxy) is 1. The number of imidazole rings is 1. The van der Waals surface area contributed by atoms with Crippen molar-refractivity contribution in [2.24, 2.45) is 0 Å². The first-order chi connectivity index (χ1) is 13.3. The summed E-state index contributed by atoms with van der Waals surface area (Å²) in [6.45, 7) is 7.51. The molecule has 1 amide bonds. The largest absolute Gasteiger partial charge is 1.00 e. The lowest BCUT2D eigenvalue weighted by atomic mass is 10.2. The monoisotopic (exact) mass is 460 g/mol. The van der Waals surface area contributed by atoms with Crippen molar-refractivity contribution in [2.75, 3.05) is 12.3 Å². The third kappa shape index (κ3) is 5.97. The maximum Gasteiger partial charge on any atom is 0.407 e. The van der Waals surface area contributed by atoms with E-state index >= 15 is 0 Å². The van der Waals surface area contributed by atoms with Crippen molar-refractivity contribution in [2.45, 2.75) is 45.9 Å². The number of hydrogen-bond acceptors (Lipinski definition) is 3. The summed E-state index contributed by atoms with van der Waals surface area (Å²) in [4.78, 5) is 11.8. The van der Waals surface area contributed by atoms with Crippen LogP contribution in [-0.2, 0) is 17.8 Å². The third-order valence-electron chi connectivity index (χ3n) is 4.43. The second-order valence-corrected chi connectivity index (χ2v) is 7.85. The van der Waals surface area contributed by atoms with E-state index in [0.29, 0.717) is 19.0 Å². The van der Waals surface area contributed by atoms with Gasteiger partial charge in [-0.15, -0.1) is 0 Å². The van der Waals surface area contributed by atoms with Gasteiger partial charge in [0.05, 0.1) is 13.1 Å². The molecule has 0 bridgehead atoms. The minimum Gasteiger partial charge on any atom is -1.00 e. The topological polar surface area (TPSA) is 73.2 Å². The number of hydrogen-bond donors (Lipinski definition) is 2. The summed E-state index contributed by atoms with van der Waals surface area (Å²) >= 11 is 0. The Morgan fingerprint density at radius 2 is 1.76 bits per heavy atom. The van der Waals surface area contributed by atoms with Crippen molar-refractivity contribution >= 4 is 23.1 Å². The number of halogens is 1. The first kappa shape index (κ1) is 22.7. The molecular weight excluding hydrogens is 432 g/mol. The van der Waals surface area contributed by atoms with Crippen molar-refractivity contribution in [3.8, 4) is 0 Å². The predicted molar refractivity (Wildman–Crippen MR) is 111 cm³/mol. The summed E-state index contributed by atoms with van der Waals surface area (Å²) < 4.78 is 9.51. The summed E-state index contributed by atoms with van der Waals surface area (Å²) in [6, 6.07) is 18.5. The molecule has 3 rings (SSSR count). The molecule has 2 aromatic carbocycles. The zero-order valence-electron chi connectivity index (χ0n) is 17.2. The zero-order valence-corrected chi connectivity index (χ0v) is 18.8. The molecule has 0 aliphatic heterocycles. The number of anilines is 1. The standard InChI is InChI=1S/C22H28N4O2.BrH/c1-22(2,3)28-21(27)24-14-9-15-25-18-12-7-8-13-19(18)26(20(25)23)16-17-10-5-4-6-11-17;/h4-8,10-13,23H,9,14-16H2,1-3H3,(H,24,27);1H. The summed E-state index contributed by atoms with van der Waals surface area (Å²) in [5.74, 6) is 0.710. The lowest BCUT2D eigenvalue weighted by Crippen LogP contribution is -3.00. The van der Waals surface area contributed by atoms with Gasteiger partial charge in [-0.2, -0.15) is 0 Å². The van der Waals surface area contributed by atoms with Crippen LogP contribution in [0.25, 0.3) is 11.0 Å². The van der Waals surface area contributed by atoms with Crippen LogP contribution in [0.15, 0.2) is 54.6 Å². The smallest absolute Gasteiger partial charge is 0.407 e. The van der Waals surface area contributed by atoms with Crippen molar-refractivity contribution < 1.29 is 31.1 Å². The van der Waals surface area contributed by atoms with Gasteiger partial charge < -0.3 is 27.0 Å². The van der Waals surface area contributed by atoms with Gasteiger partial charge in [0.15, 0.2) is 0 Å². The maximum absolute atomic E-state index is 11.8. The fourth-order valence-corrected chi connectivity index (χ4v) is 3.22. The molecule has 6 nitrogen and oxygen atoms in total. The molecule has 0 fully saturated rings. The number of aryl methyl sites for hydroxylation is 1. The van der Waals surface area contributed by atoms with E-state index < -0.39 is 11.7 Å². The van der Waals surface area contributed by atoms with Gasteiger partial charge in [0.1, 0.15) is 16.6 Å². The van der Waals surface area contributed by atoms with E-state index in [2.05, 4.69) is 38.7 Å². The average molecular weight is 461 g/mol. The molecule has 29 heavy (non-hydrogen) atoms. The van der Waals surface area contributed by atoms with E-state index in [1.165, 1.54) is 5.56 Å². The highest BCUT2D eigenvalue weighted by Crippen LogP contribution is 2.17. The number of alkyl carbamates (subject to hydrolysis) is 1. The van der Waals surface area contributed by atoms with E-state index in [9.17, 15) is 4.79 Å². The Labute approximate surface area is 182 Å². The molecule has 0 aliphatic rings. The zero-order chi connectivity index (χ0) is 20.1. The molecule has 0 unspecified atom stereocenters. The van der Waals surface area contributed by atoms with Gasteiger partial charge in [-0.05, 0) is 44.9 Å². The van der Waals surface area contributed by atoms with Crippen molar-refractivity contribution in [3.05, 3.63) is 60.2 Å². The first-order valence-corrected chi connectivity index (χ1v) is 9.62. The Morgan fingerprint density at radius 3 is 2.45 bits per heavy atom. The van der Waals surface area contributed by atoms with Gasteiger partial charge in [0.25, 0.3) is 0 Å². The number of nitrogens with one attached hydrogen (secondary N) is 1. The molecule has 0 saturated carbocycles. The molecule has 3 N–H and O–H groups in total. The average Bonchev–Trinajstić information content (AvgIpc) is 2.90. The van der Waals surface area contributed by atoms with Crippen LogP contribution >= 0.6 is 0 Å². The van der Waals surface area contributed by atoms with Crippen molar-refractivity contribution in [3.63, 3.8) is 0 Å². The Bertz CT molecular complexity index is 949. The Hall–Kier alpha value is -2.54. The Morgan fingerprint density at radius 1 is 1.10 bits per heavy atom. The van der Waals surface area contributed by atoms with Gasteiger partial charge in [-0.25, -0.2) is 13.9 Å². The molecule has 0 spiro atoms. The van der Waals surface area contributed by atoms with Gasteiger partial charge in [-0.1, -0.05) is 42.5 Å². The van der Waals surface area contributed by atoms with E-state index in [4.69, 9.17) is 10.5 Å². The number of para-hydroxylation sites is 2. The molecule has 0 aliphatic carbocycles. The number of benzene rings is 2. The van der Waals surface area contributed by atoms with E-state index in [1.807, 2.05) is 51.1 Å². The molecule has 0 radical (unpaired) electrons. The van der Waals surface area contributed by atoms with Gasteiger partial charge >= 0.3 is 12.0 Å². The number of carbonyl (C=O) groups is 1. The molecule has 3 aromatic rings. The number of fused-ring (bicyclic) bond motifs is 1. The second-order valence-electron chi connectivity index (χ2n) is 7.85. The SMILES string of the molecule is CC(C)(C)OC(=O)NCCCn1c(N)[n+](Cc2ccccc2)c2ccccc21.[Br-]. The van der Waals surface area contributed by atoms with Gasteiger partial charge in [-0.3, -0.25) is 5.73 Å². The molecule has 1 aromatic heterocycles. The minimum absolute atomic E-state index is 0. The van der Waals surface area contributed by atoms with Crippen LogP contribution in [0.5, 0.6) is 0 Å². The van der Waals surface area contributed by atoms with Gasteiger partial charge in [0, 0.05) is 6.54 Å². The summed E-state index contributed by atoms with van der Waals surface area (Å²) in [7, 11) is 0. The minimum atomic E-state index is -0.492. The van der Waals surface area contributed by atoms with Gasteiger partial charge in [0.2, 0.25) is 0 Å². The van der Waals surface area contributed by atoms with Crippen LogP contribution in [0, 0.1) is 0 Å². The predicted octanol–water partition coefficient (Wildman–Crippen LogP) is 0.478. The quantitative estimate of drug-likeness (QED) is 0.415. The molecule has 156 valence electrons. The van der Waals surface area contributed by atoms with Crippen LogP contribution in [0.1, 0.15) is 32.8 Å². The normalized spacial score (nSPS) is 11.1. The van der Waals surface area contributed by atoms with E-state index in [-0.39, 0.29) is 17.0 Å². The van der Waals surface area contributed by atoms with Crippen molar-refractivity contribution in [1.29, 1.82) is 0 Å². The fraction of sp³-hybridized carbons (Fsp3) is 0.364. The first-order valence-electron chi connectivity index (χ1n) is 9.62. The number of aromatic nitrogens is 2. The van der Waals surface area contributed by atoms with Crippen LogP contribution in [0.4, 0.5) is 10.7 Å². The Kier molecular flexibility index (Phi) is 7.67. The number of nitrogen functional groups attached to an aromatic ring is 1. The highest BCUT2D eigenvalue weighted by atomic mass is 79.9. The highest BCUT2D eigenvalue weighted by Gasteiger charge is 2.21. The molecular formula is C22H29BrN4O2. The van der Waals surface area contributed by atoms with E-state index in [0.717, 1.165) is 24.0 Å². The summed E-state index contributed by atoms with van der Waals surface area (Å²) in [5, 5.41) is 2.80. The molecule has 1 heterocycles. The fourth-order valence-electron chi connectivity index (χ4n) is 3.22. The number of nitrogens with zero attached hydrogens (tertiary/aromatic N) is 2. The highest BCUT2D eigenvalue weighted by molar-refractivity contribution is 5.74. The number of rotatable bonds is 6. The molecule has 0 saturated heterocycles. The maximum atomic E-state index is 11.8. The van der Waals surface area contributed by atoms with Crippen LogP contribution in [-0.4, -0.2) is 22.8 Å². The lowest BCUT2D eigenvalue weighted by molar-refractivity contribution is -0.648. The number of carbonyl (C=O) groups excluding carboxylic acids is 1. The third-order valence-corrected chi connectivity index (χ3v) is 4.43. The number of amides is 1. The van der Waals surface area contributed by atoms with Crippen LogP contribution in [0.2, 0.25) is 0 Å². The van der Waals surface area contributed by atoms with Crippen LogP contribution in [0.3, 0.4) is 0 Å². The Balaban J connectivity index is 0.00000300. The second kappa shape index (κ2) is 9.78.